The largest absolute Gasteiger partial charge is 0.411 e. The van der Waals surface area contributed by atoms with Gasteiger partial charge in [0.2, 0.25) is 0 Å². The van der Waals surface area contributed by atoms with E-state index in [1.807, 2.05) is 0 Å². The van der Waals surface area contributed by atoms with Crippen LogP contribution in [0.25, 0.3) is 0 Å². The first-order valence-corrected chi connectivity index (χ1v) is 6.08. The molecule has 2 heterocycles. The van der Waals surface area contributed by atoms with E-state index in [1.165, 1.54) is 0 Å². The monoisotopic (exact) mass is 253 g/mol. The van der Waals surface area contributed by atoms with Crippen LogP contribution in [0.1, 0.15) is 25.7 Å². The van der Waals surface area contributed by atoms with Crippen LogP contribution in [0.5, 0.6) is 0 Å². The predicted octanol–water partition coefficient (Wildman–Crippen LogP) is 1.86. The zero-order chi connectivity index (χ0) is 12.3. The zero-order valence-electron chi connectivity index (χ0n) is 9.63. The molecule has 2 fully saturated rings. The van der Waals surface area contributed by atoms with Crippen molar-refractivity contribution in [3.8, 4) is 0 Å². The number of hydrogen-bond acceptors (Lipinski definition) is 3. The lowest BCUT2D eigenvalue weighted by Crippen LogP contribution is -2.38. The van der Waals surface area contributed by atoms with Crippen LogP contribution in [-0.4, -0.2) is 44.2 Å². The Bertz CT molecular complexity index is 247. The summed E-state index contributed by atoms with van der Waals surface area (Å²) < 4.78 is 45.5. The van der Waals surface area contributed by atoms with Gasteiger partial charge in [-0.25, -0.2) is 0 Å². The summed E-state index contributed by atoms with van der Waals surface area (Å²) in [5, 5.41) is 3.32. The van der Waals surface area contributed by atoms with E-state index in [1.54, 1.807) is 0 Å². The Morgan fingerprint density at radius 3 is 2.71 bits per heavy atom. The quantitative estimate of drug-likeness (QED) is 0.733. The standard InChI is InChI=1S/C11H18F3NO2/c12-11(13,14)7-16-5-1-4-15-9-6-8-2-3-10(9)17-8/h8-10,15H,1-7H2. The molecule has 3 atom stereocenters. The van der Waals surface area contributed by atoms with Gasteiger partial charge in [-0.05, 0) is 32.2 Å². The number of fused-ring (bicyclic) bond motifs is 2. The molecule has 3 unspecified atom stereocenters. The van der Waals surface area contributed by atoms with E-state index in [-0.39, 0.29) is 6.61 Å². The van der Waals surface area contributed by atoms with Crippen molar-refractivity contribution in [1.29, 1.82) is 0 Å². The highest BCUT2D eigenvalue weighted by Crippen LogP contribution is 2.34. The summed E-state index contributed by atoms with van der Waals surface area (Å²) in [6, 6.07) is 0.386. The fourth-order valence-electron chi connectivity index (χ4n) is 2.50. The van der Waals surface area contributed by atoms with E-state index < -0.39 is 12.8 Å². The Labute approximate surface area is 98.7 Å². The molecule has 0 aromatic heterocycles. The Kier molecular flexibility index (Phi) is 4.27. The van der Waals surface area contributed by atoms with Gasteiger partial charge in [0.05, 0.1) is 12.2 Å². The summed E-state index contributed by atoms with van der Waals surface area (Å²) in [6.07, 6.45) is 0.393. The maximum absolute atomic E-state index is 11.8. The number of rotatable bonds is 6. The van der Waals surface area contributed by atoms with Crippen molar-refractivity contribution >= 4 is 0 Å². The van der Waals surface area contributed by atoms with Gasteiger partial charge in [-0.1, -0.05) is 0 Å². The minimum atomic E-state index is -4.22. The highest BCUT2D eigenvalue weighted by Gasteiger charge is 2.40. The van der Waals surface area contributed by atoms with Gasteiger partial charge in [-0.15, -0.1) is 0 Å². The fourth-order valence-corrected chi connectivity index (χ4v) is 2.50. The molecule has 0 aliphatic carbocycles. The van der Waals surface area contributed by atoms with Crippen LogP contribution in [0.2, 0.25) is 0 Å². The second-order valence-corrected chi connectivity index (χ2v) is 4.69. The van der Waals surface area contributed by atoms with E-state index in [9.17, 15) is 13.2 Å². The Balaban J connectivity index is 1.47. The van der Waals surface area contributed by atoms with Crippen molar-refractivity contribution in [3.05, 3.63) is 0 Å². The van der Waals surface area contributed by atoms with Gasteiger partial charge in [0.15, 0.2) is 0 Å². The molecule has 1 N–H and O–H groups in total. The number of halogens is 3. The van der Waals surface area contributed by atoms with Gasteiger partial charge >= 0.3 is 6.18 Å². The molecule has 2 bridgehead atoms. The number of ether oxygens (including phenoxy) is 2. The van der Waals surface area contributed by atoms with Crippen LogP contribution in [0.3, 0.4) is 0 Å². The second-order valence-electron chi connectivity index (χ2n) is 4.69. The molecule has 0 amide bonds. The molecule has 2 aliphatic rings. The summed E-state index contributed by atoms with van der Waals surface area (Å²) in [5.74, 6) is 0. The van der Waals surface area contributed by atoms with Crippen LogP contribution < -0.4 is 5.32 Å². The predicted molar refractivity (Wildman–Crippen MR) is 55.8 cm³/mol. The van der Waals surface area contributed by atoms with Gasteiger partial charge in [0, 0.05) is 12.6 Å². The second kappa shape index (κ2) is 5.54. The average Bonchev–Trinajstić information content (AvgIpc) is 2.83. The normalized spacial score (nSPS) is 32.3. The van der Waals surface area contributed by atoms with Crippen LogP contribution >= 0.6 is 0 Å². The first-order valence-electron chi connectivity index (χ1n) is 6.08. The van der Waals surface area contributed by atoms with E-state index in [4.69, 9.17) is 4.74 Å². The summed E-state index contributed by atoms with van der Waals surface area (Å²) >= 11 is 0. The van der Waals surface area contributed by atoms with Crippen molar-refractivity contribution < 1.29 is 22.6 Å². The van der Waals surface area contributed by atoms with Crippen LogP contribution in [0.4, 0.5) is 13.2 Å². The highest BCUT2D eigenvalue weighted by atomic mass is 19.4. The lowest BCUT2D eigenvalue weighted by molar-refractivity contribution is -0.173. The van der Waals surface area contributed by atoms with Crippen molar-refractivity contribution in [2.75, 3.05) is 19.8 Å². The molecule has 2 aliphatic heterocycles. The van der Waals surface area contributed by atoms with Gasteiger partial charge < -0.3 is 14.8 Å². The SMILES string of the molecule is FC(F)(F)COCCCNC1CC2CCC1O2. The van der Waals surface area contributed by atoms with E-state index in [0.29, 0.717) is 31.2 Å². The van der Waals surface area contributed by atoms with E-state index in [2.05, 4.69) is 10.1 Å². The van der Waals surface area contributed by atoms with E-state index >= 15 is 0 Å². The molecule has 100 valence electrons. The first kappa shape index (κ1) is 13.1. The third kappa shape index (κ3) is 4.12. The summed E-state index contributed by atoms with van der Waals surface area (Å²) in [5.41, 5.74) is 0. The fraction of sp³-hybridized carbons (Fsp3) is 1.00. The molecule has 2 saturated heterocycles. The molecular weight excluding hydrogens is 235 g/mol. The van der Waals surface area contributed by atoms with E-state index in [0.717, 1.165) is 19.3 Å². The molecule has 2 rings (SSSR count). The van der Waals surface area contributed by atoms with Crippen molar-refractivity contribution in [1.82, 2.24) is 5.32 Å². The first-order chi connectivity index (χ1) is 8.04. The third-order valence-corrected chi connectivity index (χ3v) is 3.24. The maximum atomic E-state index is 11.8. The smallest absolute Gasteiger partial charge is 0.373 e. The molecule has 0 saturated carbocycles. The Morgan fingerprint density at radius 1 is 1.29 bits per heavy atom. The molecule has 3 nitrogen and oxygen atoms in total. The molecular formula is C11H18F3NO2. The Hall–Kier alpha value is -0.330. The van der Waals surface area contributed by atoms with Crippen molar-refractivity contribution in [2.24, 2.45) is 0 Å². The molecule has 0 aromatic carbocycles. The highest BCUT2D eigenvalue weighted by molar-refractivity contribution is 4.93. The Morgan fingerprint density at radius 2 is 2.12 bits per heavy atom. The van der Waals surface area contributed by atoms with Crippen LogP contribution in [-0.2, 0) is 9.47 Å². The topological polar surface area (TPSA) is 30.5 Å². The number of hydrogen-bond donors (Lipinski definition) is 1. The zero-order valence-corrected chi connectivity index (χ0v) is 9.63. The number of alkyl halides is 3. The minimum absolute atomic E-state index is 0.147. The van der Waals surface area contributed by atoms with Gasteiger partial charge in [-0.3, -0.25) is 0 Å². The molecule has 17 heavy (non-hydrogen) atoms. The molecule has 0 radical (unpaired) electrons. The van der Waals surface area contributed by atoms with Gasteiger partial charge in [0.25, 0.3) is 0 Å². The lowest BCUT2D eigenvalue weighted by atomic mass is 9.95. The maximum Gasteiger partial charge on any atom is 0.411 e. The van der Waals surface area contributed by atoms with Crippen molar-refractivity contribution in [3.63, 3.8) is 0 Å². The van der Waals surface area contributed by atoms with Gasteiger partial charge in [-0.2, -0.15) is 13.2 Å². The third-order valence-electron chi connectivity index (χ3n) is 3.24. The summed E-state index contributed by atoms with van der Waals surface area (Å²) in [6.45, 7) is -0.312. The lowest BCUT2D eigenvalue weighted by Gasteiger charge is -2.19. The molecule has 0 spiro atoms. The molecule has 0 aromatic rings. The minimum Gasteiger partial charge on any atom is -0.373 e. The van der Waals surface area contributed by atoms with Crippen LogP contribution in [0.15, 0.2) is 0 Å². The average molecular weight is 253 g/mol. The van der Waals surface area contributed by atoms with Crippen LogP contribution in [0, 0.1) is 0 Å². The molecule has 6 heteroatoms. The summed E-state index contributed by atoms with van der Waals surface area (Å²) in [4.78, 5) is 0. The number of nitrogens with one attached hydrogen (secondary N) is 1. The van der Waals surface area contributed by atoms with Gasteiger partial charge in [0.1, 0.15) is 6.61 Å². The van der Waals surface area contributed by atoms with Crippen molar-refractivity contribution in [2.45, 2.75) is 50.1 Å². The summed E-state index contributed by atoms with van der Waals surface area (Å²) in [7, 11) is 0.